The van der Waals surface area contributed by atoms with Gasteiger partial charge in [-0.2, -0.15) is 0 Å². The van der Waals surface area contributed by atoms with Crippen molar-refractivity contribution in [3.05, 3.63) is 58.7 Å². The van der Waals surface area contributed by atoms with Crippen LogP contribution in [0.4, 0.5) is 0 Å². The van der Waals surface area contributed by atoms with Crippen LogP contribution in [-0.4, -0.2) is 18.2 Å². The van der Waals surface area contributed by atoms with Gasteiger partial charge < -0.3 is 14.6 Å². The van der Waals surface area contributed by atoms with Gasteiger partial charge in [0.2, 0.25) is 0 Å². The second-order valence-corrected chi connectivity index (χ2v) is 4.71. The lowest BCUT2D eigenvalue weighted by molar-refractivity contribution is 0.0453. The van der Waals surface area contributed by atoms with E-state index >= 15 is 0 Å². The number of cyclic esters (lactones) is 1. The Morgan fingerprint density at radius 3 is 2.60 bits per heavy atom. The number of rotatable bonds is 2. The van der Waals surface area contributed by atoms with E-state index < -0.39 is 12.1 Å². The van der Waals surface area contributed by atoms with E-state index in [2.05, 4.69) is 0 Å². The van der Waals surface area contributed by atoms with Crippen LogP contribution >= 0.6 is 0 Å². The van der Waals surface area contributed by atoms with Crippen molar-refractivity contribution in [3.63, 3.8) is 0 Å². The Morgan fingerprint density at radius 2 is 1.95 bits per heavy atom. The maximum atomic E-state index is 12.0. The minimum Gasteiger partial charge on any atom is -0.507 e. The Hall–Kier alpha value is -2.49. The second kappa shape index (κ2) is 4.56. The molecule has 0 bridgehead atoms. The minimum absolute atomic E-state index is 0.106. The molecule has 1 heterocycles. The summed E-state index contributed by atoms with van der Waals surface area (Å²) in [5, 5.41) is 10.0. The third-order valence-electron chi connectivity index (χ3n) is 3.58. The Kier molecular flexibility index (Phi) is 2.86. The lowest BCUT2D eigenvalue weighted by Crippen LogP contribution is -2.02. The van der Waals surface area contributed by atoms with Gasteiger partial charge in [0.1, 0.15) is 17.1 Å². The van der Waals surface area contributed by atoms with Gasteiger partial charge in [-0.3, -0.25) is 0 Å². The normalized spacial score (nSPS) is 16.7. The Labute approximate surface area is 116 Å². The van der Waals surface area contributed by atoms with Gasteiger partial charge in [0.25, 0.3) is 0 Å². The van der Waals surface area contributed by atoms with Gasteiger partial charge in [0.15, 0.2) is 6.10 Å². The molecule has 0 saturated heterocycles. The van der Waals surface area contributed by atoms with Crippen LogP contribution in [0, 0.1) is 6.92 Å². The number of hydrogen-bond acceptors (Lipinski definition) is 4. The zero-order valence-corrected chi connectivity index (χ0v) is 11.2. The van der Waals surface area contributed by atoms with Crippen molar-refractivity contribution in [3.8, 4) is 11.5 Å². The van der Waals surface area contributed by atoms with Gasteiger partial charge in [-0.1, -0.05) is 30.3 Å². The molecular weight excluding hydrogens is 256 g/mol. The molecule has 0 fully saturated rings. The maximum absolute atomic E-state index is 12.0. The summed E-state index contributed by atoms with van der Waals surface area (Å²) >= 11 is 0. The summed E-state index contributed by atoms with van der Waals surface area (Å²) in [6.45, 7) is 1.86. The van der Waals surface area contributed by atoms with E-state index in [0.29, 0.717) is 11.3 Å². The number of benzene rings is 2. The zero-order valence-electron chi connectivity index (χ0n) is 11.2. The predicted octanol–water partition coefficient (Wildman–Crippen LogP) is 2.97. The number of aromatic hydroxyl groups is 1. The Morgan fingerprint density at radius 1 is 1.25 bits per heavy atom. The first-order chi connectivity index (χ1) is 9.63. The van der Waals surface area contributed by atoms with Gasteiger partial charge in [-0.15, -0.1) is 0 Å². The summed E-state index contributed by atoms with van der Waals surface area (Å²) in [5.41, 5.74) is 2.59. The number of hydrogen-bond donors (Lipinski definition) is 1. The highest BCUT2D eigenvalue weighted by atomic mass is 16.5. The highest BCUT2D eigenvalue weighted by Gasteiger charge is 2.37. The molecule has 4 nitrogen and oxygen atoms in total. The molecule has 1 atom stereocenters. The van der Waals surface area contributed by atoms with Gasteiger partial charge in [0.05, 0.1) is 7.11 Å². The number of methoxy groups -OCH3 is 1. The minimum atomic E-state index is -0.503. The van der Waals surface area contributed by atoms with E-state index in [9.17, 15) is 9.90 Å². The molecule has 0 spiro atoms. The molecule has 2 aromatic rings. The lowest BCUT2D eigenvalue weighted by Gasteiger charge is -2.15. The van der Waals surface area contributed by atoms with Crippen LogP contribution in [-0.2, 0) is 4.74 Å². The summed E-state index contributed by atoms with van der Waals surface area (Å²) in [5.74, 6) is -0.0662. The summed E-state index contributed by atoms with van der Waals surface area (Å²) in [4.78, 5) is 12.0. The monoisotopic (exact) mass is 270 g/mol. The molecule has 1 aliphatic heterocycles. The van der Waals surface area contributed by atoms with Crippen LogP contribution in [0.5, 0.6) is 11.5 Å². The fraction of sp³-hybridized carbons (Fsp3) is 0.188. The molecular formula is C16H14O4. The van der Waals surface area contributed by atoms with Crippen molar-refractivity contribution in [1.82, 2.24) is 0 Å². The number of phenols is 1. The van der Waals surface area contributed by atoms with Crippen molar-refractivity contribution in [1.29, 1.82) is 0 Å². The average Bonchev–Trinajstić information content (AvgIpc) is 2.82. The summed E-state index contributed by atoms with van der Waals surface area (Å²) in [6, 6.07) is 10.9. The molecule has 20 heavy (non-hydrogen) atoms. The fourth-order valence-electron chi connectivity index (χ4n) is 2.60. The summed E-state index contributed by atoms with van der Waals surface area (Å²) in [7, 11) is 1.53. The number of esters is 1. The number of phenolic OH excluding ortho intramolecular Hbond substituents is 1. The number of ether oxygens (including phenoxy) is 2. The Bertz CT molecular complexity index is 677. The third kappa shape index (κ3) is 1.72. The predicted molar refractivity (Wildman–Crippen MR) is 73.1 cm³/mol. The van der Waals surface area contributed by atoms with E-state index in [1.54, 1.807) is 0 Å². The van der Waals surface area contributed by atoms with Gasteiger partial charge in [-0.05, 0) is 18.1 Å². The van der Waals surface area contributed by atoms with Crippen LogP contribution in [0.25, 0.3) is 0 Å². The molecule has 1 aliphatic rings. The van der Waals surface area contributed by atoms with Crippen molar-refractivity contribution >= 4 is 5.97 Å². The van der Waals surface area contributed by atoms with Gasteiger partial charge in [-0.25, -0.2) is 4.79 Å². The smallest absolute Gasteiger partial charge is 0.343 e. The maximum Gasteiger partial charge on any atom is 0.343 e. The quantitative estimate of drug-likeness (QED) is 0.852. The van der Waals surface area contributed by atoms with Crippen LogP contribution in [0.2, 0.25) is 0 Å². The Balaban J connectivity index is 2.24. The van der Waals surface area contributed by atoms with Crippen LogP contribution in [0.3, 0.4) is 0 Å². The largest absolute Gasteiger partial charge is 0.507 e. The number of carbonyl (C=O) groups is 1. The van der Waals surface area contributed by atoms with Crippen molar-refractivity contribution in [2.45, 2.75) is 13.0 Å². The molecule has 0 aliphatic carbocycles. The molecule has 102 valence electrons. The van der Waals surface area contributed by atoms with Crippen LogP contribution in [0.1, 0.15) is 33.2 Å². The van der Waals surface area contributed by atoms with Gasteiger partial charge in [0, 0.05) is 11.6 Å². The van der Waals surface area contributed by atoms with E-state index in [0.717, 1.165) is 11.1 Å². The molecule has 3 rings (SSSR count). The molecule has 0 amide bonds. The lowest BCUT2D eigenvalue weighted by atomic mass is 9.94. The van der Waals surface area contributed by atoms with Crippen molar-refractivity contribution in [2.24, 2.45) is 0 Å². The third-order valence-corrected chi connectivity index (χ3v) is 3.58. The average molecular weight is 270 g/mol. The molecule has 4 heteroatoms. The zero-order chi connectivity index (χ0) is 14.3. The summed E-state index contributed by atoms with van der Waals surface area (Å²) in [6.07, 6.45) is -0.500. The standard InChI is InChI=1S/C16H14O4/c1-9-12(19-2)8-11(17)14-13(9)15(20-16(14)18)10-6-4-3-5-7-10/h3-8,15,17H,1-2H3. The molecule has 1 unspecified atom stereocenters. The van der Waals surface area contributed by atoms with Crippen LogP contribution in [0.15, 0.2) is 36.4 Å². The second-order valence-electron chi connectivity index (χ2n) is 4.71. The summed E-state index contributed by atoms with van der Waals surface area (Å²) < 4.78 is 10.7. The molecule has 0 radical (unpaired) electrons. The SMILES string of the molecule is COc1cc(O)c2c(c1C)C(c1ccccc1)OC2=O. The highest BCUT2D eigenvalue weighted by molar-refractivity contribution is 5.98. The number of fused-ring (bicyclic) bond motifs is 1. The first kappa shape index (κ1) is 12.5. The van der Waals surface area contributed by atoms with E-state index in [1.165, 1.54) is 13.2 Å². The molecule has 0 saturated carbocycles. The van der Waals surface area contributed by atoms with E-state index in [4.69, 9.17) is 9.47 Å². The van der Waals surface area contributed by atoms with Crippen molar-refractivity contribution < 1.29 is 19.4 Å². The van der Waals surface area contributed by atoms with Gasteiger partial charge >= 0.3 is 5.97 Å². The van der Waals surface area contributed by atoms with E-state index in [-0.39, 0.29) is 11.3 Å². The first-order valence-electron chi connectivity index (χ1n) is 6.30. The molecule has 0 aromatic heterocycles. The highest BCUT2D eigenvalue weighted by Crippen LogP contribution is 2.44. The number of carbonyl (C=O) groups excluding carboxylic acids is 1. The topological polar surface area (TPSA) is 55.8 Å². The molecule has 1 N–H and O–H groups in total. The fourth-order valence-corrected chi connectivity index (χ4v) is 2.60. The first-order valence-corrected chi connectivity index (χ1v) is 6.30. The van der Waals surface area contributed by atoms with Crippen molar-refractivity contribution in [2.75, 3.05) is 7.11 Å². The van der Waals surface area contributed by atoms with E-state index in [1.807, 2.05) is 37.3 Å². The van der Waals surface area contributed by atoms with Crippen LogP contribution < -0.4 is 4.74 Å². The molecule has 2 aromatic carbocycles.